The Kier molecular flexibility index (Phi) is 4.58. The van der Waals surface area contributed by atoms with Gasteiger partial charge in [-0.25, -0.2) is 4.39 Å². The largest absolute Gasteiger partial charge is 0.481 e. The van der Waals surface area contributed by atoms with E-state index in [-0.39, 0.29) is 5.91 Å². The Labute approximate surface area is 123 Å². The molecule has 0 aromatic heterocycles. The van der Waals surface area contributed by atoms with Gasteiger partial charge >= 0.3 is 0 Å². The number of halogens is 1. The van der Waals surface area contributed by atoms with Crippen LogP contribution in [0.3, 0.4) is 0 Å². The number of hydrogen-bond acceptors (Lipinski definition) is 2. The molecular weight excluding hydrogens is 269 g/mol. The van der Waals surface area contributed by atoms with Gasteiger partial charge in [-0.2, -0.15) is 0 Å². The van der Waals surface area contributed by atoms with Gasteiger partial charge < -0.3 is 10.1 Å². The van der Waals surface area contributed by atoms with Crippen LogP contribution >= 0.6 is 0 Å². The molecular formula is C17H18FNO2. The van der Waals surface area contributed by atoms with Crippen molar-refractivity contribution >= 4 is 11.6 Å². The number of nitrogens with one attached hydrogen (secondary N) is 1. The zero-order valence-electron chi connectivity index (χ0n) is 12.3. The predicted molar refractivity (Wildman–Crippen MR) is 81.0 cm³/mol. The van der Waals surface area contributed by atoms with Crippen LogP contribution in [-0.2, 0) is 4.79 Å². The van der Waals surface area contributed by atoms with Gasteiger partial charge in [-0.1, -0.05) is 23.8 Å². The van der Waals surface area contributed by atoms with Crippen molar-refractivity contribution in [3.8, 4) is 5.75 Å². The molecule has 110 valence electrons. The molecule has 0 aliphatic carbocycles. The second kappa shape index (κ2) is 6.39. The highest BCUT2D eigenvalue weighted by atomic mass is 19.1. The van der Waals surface area contributed by atoms with Crippen molar-refractivity contribution in [3.05, 3.63) is 59.4 Å². The molecule has 21 heavy (non-hydrogen) atoms. The third-order valence-corrected chi connectivity index (χ3v) is 3.10. The van der Waals surface area contributed by atoms with Crippen LogP contribution in [0.1, 0.15) is 18.1 Å². The van der Waals surface area contributed by atoms with Gasteiger partial charge in [0.25, 0.3) is 5.91 Å². The quantitative estimate of drug-likeness (QED) is 0.927. The lowest BCUT2D eigenvalue weighted by Crippen LogP contribution is -2.30. The van der Waals surface area contributed by atoms with Gasteiger partial charge in [0.05, 0.1) is 0 Å². The second-order valence-electron chi connectivity index (χ2n) is 5.03. The summed E-state index contributed by atoms with van der Waals surface area (Å²) in [7, 11) is 0. The first-order chi connectivity index (χ1) is 9.95. The lowest BCUT2D eigenvalue weighted by Gasteiger charge is -2.16. The molecule has 0 aliphatic rings. The zero-order valence-corrected chi connectivity index (χ0v) is 12.3. The SMILES string of the molecule is Cc1ccc(O[C@@H](C)C(=O)Nc2cccc(F)c2)c(C)c1. The molecule has 0 aliphatic heterocycles. The maximum atomic E-state index is 13.1. The van der Waals surface area contributed by atoms with Crippen molar-refractivity contribution < 1.29 is 13.9 Å². The average molecular weight is 287 g/mol. The lowest BCUT2D eigenvalue weighted by molar-refractivity contribution is -0.122. The van der Waals surface area contributed by atoms with Gasteiger partial charge in [-0.05, 0) is 50.6 Å². The summed E-state index contributed by atoms with van der Waals surface area (Å²) in [4.78, 5) is 12.0. The minimum Gasteiger partial charge on any atom is -0.481 e. The summed E-state index contributed by atoms with van der Waals surface area (Å²) in [5.74, 6) is -0.0428. The molecule has 0 bridgehead atoms. The first-order valence-electron chi connectivity index (χ1n) is 6.76. The average Bonchev–Trinajstić information content (AvgIpc) is 2.41. The van der Waals surface area contributed by atoms with Crippen molar-refractivity contribution in [2.45, 2.75) is 26.9 Å². The molecule has 0 saturated carbocycles. The van der Waals surface area contributed by atoms with Crippen LogP contribution in [-0.4, -0.2) is 12.0 Å². The fourth-order valence-electron chi connectivity index (χ4n) is 1.99. The molecule has 2 rings (SSSR count). The van der Waals surface area contributed by atoms with E-state index in [0.717, 1.165) is 11.1 Å². The van der Waals surface area contributed by atoms with Gasteiger partial charge in [0.1, 0.15) is 11.6 Å². The highest BCUT2D eigenvalue weighted by molar-refractivity contribution is 5.94. The Morgan fingerprint density at radius 2 is 1.95 bits per heavy atom. The molecule has 0 spiro atoms. The molecule has 1 amide bonds. The first-order valence-corrected chi connectivity index (χ1v) is 6.76. The van der Waals surface area contributed by atoms with Crippen molar-refractivity contribution in [1.82, 2.24) is 0 Å². The first kappa shape index (κ1) is 15.0. The van der Waals surface area contributed by atoms with E-state index in [4.69, 9.17) is 4.74 Å². The van der Waals surface area contributed by atoms with Crippen LogP contribution < -0.4 is 10.1 Å². The van der Waals surface area contributed by atoms with E-state index in [9.17, 15) is 9.18 Å². The summed E-state index contributed by atoms with van der Waals surface area (Å²) in [6.07, 6.45) is -0.672. The van der Waals surface area contributed by atoms with Gasteiger partial charge in [0.15, 0.2) is 6.10 Å². The number of benzene rings is 2. The Morgan fingerprint density at radius 3 is 2.62 bits per heavy atom. The third-order valence-electron chi connectivity index (χ3n) is 3.10. The maximum Gasteiger partial charge on any atom is 0.265 e. The zero-order chi connectivity index (χ0) is 15.4. The van der Waals surface area contributed by atoms with Gasteiger partial charge in [-0.3, -0.25) is 4.79 Å². The van der Waals surface area contributed by atoms with Crippen LogP contribution in [0.25, 0.3) is 0 Å². The van der Waals surface area contributed by atoms with E-state index in [1.54, 1.807) is 19.1 Å². The van der Waals surface area contributed by atoms with E-state index < -0.39 is 11.9 Å². The van der Waals surface area contributed by atoms with Crippen LogP contribution in [0.2, 0.25) is 0 Å². The molecule has 0 fully saturated rings. The monoisotopic (exact) mass is 287 g/mol. The molecule has 3 nitrogen and oxygen atoms in total. The fraction of sp³-hybridized carbons (Fsp3) is 0.235. The van der Waals surface area contributed by atoms with Crippen molar-refractivity contribution in [3.63, 3.8) is 0 Å². The number of carbonyl (C=O) groups excluding carboxylic acids is 1. The molecule has 2 aromatic rings. The molecule has 0 heterocycles. The topological polar surface area (TPSA) is 38.3 Å². The molecule has 4 heteroatoms. The van der Waals surface area contributed by atoms with E-state index in [1.165, 1.54) is 12.1 Å². The number of ether oxygens (including phenoxy) is 1. The molecule has 0 radical (unpaired) electrons. The van der Waals surface area contributed by atoms with Crippen molar-refractivity contribution in [2.75, 3.05) is 5.32 Å². The van der Waals surface area contributed by atoms with E-state index >= 15 is 0 Å². The van der Waals surface area contributed by atoms with Crippen LogP contribution in [0.4, 0.5) is 10.1 Å². The lowest BCUT2D eigenvalue weighted by atomic mass is 10.1. The summed E-state index contributed by atoms with van der Waals surface area (Å²) in [6, 6.07) is 11.5. The van der Waals surface area contributed by atoms with Crippen LogP contribution in [0.15, 0.2) is 42.5 Å². The second-order valence-corrected chi connectivity index (χ2v) is 5.03. The van der Waals surface area contributed by atoms with Crippen LogP contribution in [0.5, 0.6) is 5.75 Å². The molecule has 1 N–H and O–H groups in total. The summed E-state index contributed by atoms with van der Waals surface area (Å²) in [6.45, 7) is 5.59. The normalized spacial score (nSPS) is 11.8. The Balaban J connectivity index is 2.02. The number of rotatable bonds is 4. The number of aryl methyl sites for hydroxylation is 2. The van der Waals surface area contributed by atoms with E-state index in [1.807, 2.05) is 32.0 Å². The summed E-state index contributed by atoms with van der Waals surface area (Å²) in [5, 5.41) is 2.63. The third kappa shape index (κ3) is 4.05. The number of hydrogen-bond donors (Lipinski definition) is 1. The predicted octanol–water partition coefficient (Wildman–Crippen LogP) is 3.85. The summed E-state index contributed by atoms with van der Waals surface area (Å²) in [5.41, 5.74) is 2.52. The smallest absolute Gasteiger partial charge is 0.265 e. The van der Waals surface area contributed by atoms with Gasteiger partial charge in [0, 0.05) is 5.69 Å². The molecule has 0 unspecified atom stereocenters. The minimum absolute atomic E-state index is 0.319. The van der Waals surface area contributed by atoms with Gasteiger partial charge in [-0.15, -0.1) is 0 Å². The van der Waals surface area contributed by atoms with E-state index in [2.05, 4.69) is 5.32 Å². The highest BCUT2D eigenvalue weighted by Crippen LogP contribution is 2.20. The fourth-order valence-corrected chi connectivity index (χ4v) is 1.99. The minimum atomic E-state index is -0.672. The van der Waals surface area contributed by atoms with Gasteiger partial charge in [0.2, 0.25) is 0 Å². The van der Waals surface area contributed by atoms with Crippen molar-refractivity contribution in [1.29, 1.82) is 0 Å². The molecule has 1 atom stereocenters. The Bertz CT molecular complexity index is 655. The summed E-state index contributed by atoms with van der Waals surface area (Å²) < 4.78 is 18.7. The highest BCUT2D eigenvalue weighted by Gasteiger charge is 2.16. The molecule has 0 saturated heterocycles. The Morgan fingerprint density at radius 1 is 1.19 bits per heavy atom. The maximum absolute atomic E-state index is 13.1. The standard InChI is InChI=1S/C17H18FNO2/c1-11-7-8-16(12(2)9-11)21-13(3)17(20)19-15-6-4-5-14(18)10-15/h4-10,13H,1-3H3,(H,19,20)/t13-/m0/s1. The van der Waals surface area contributed by atoms with Crippen molar-refractivity contribution in [2.24, 2.45) is 0 Å². The molecule has 2 aromatic carbocycles. The summed E-state index contributed by atoms with van der Waals surface area (Å²) >= 11 is 0. The number of amides is 1. The van der Waals surface area contributed by atoms with Crippen LogP contribution in [0, 0.1) is 19.7 Å². The number of carbonyl (C=O) groups is 1. The van der Waals surface area contributed by atoms with E-state index in [0.29, 0.717) is 11.4 Å². The Hall–Kier alpha value is -2.36. The number of anilines is 1.